The number of benzene rings is 3. The van der Waals surface area contributed by atoms with Gasteiger partial charge in [0.25, 0.3) is 0 Å². The normalized spacial score (nSPS) is 21.9. The summed E-state index contributed by atoms with van der Waals surface area (Å²) in [5.41, 5.74) is 3.29. The van der Waals surface area contributed by atoms with Crippen LogP contribution >= 0.6 is 0 Å². The number of rotatable bonds is 3. The first-order valence-electron chi connectivity index (χ1n) is 10.1. The van der Waals surface area contributed by atoms with Gasteiger partial charge in [-0.2, -0.15) is 0 Å². The fraction of sp³-hybridized carbons (Fsp3) is 0.208. The largest absolute Gasteiger partial charge is 0.508 e. The van der Waals surface area contributed by atoms with Gasteiger partial charge in [-0.3, -0.25) is 0 Å². The van der Waals surface area contributed by atoms with E-state index >= 15 is 0 Å². The van der Waals surface area contributed by atoms with Gasteiger partial charge in [0, 0.05) is 11.8 Å². The van der Waals surface area contributed by atoms with Crippen molar-refractivity contribution in [3.63, 3.8) is 0 Å². The molecule has 3 aliphatic rings. The summed E-state index contributed by atoms with van der Waals surface area (Å²) in [5, 5.41) is 19.8. The van der Waals surface area contributed by atoms with E-state index in [9.17, 15) is 15.0 Å². The third-order valence-electron chi connectivity index (χ3n) is 6.15. The molecule has 0 saturated heterocycles. The van der Waals surface area contributed by atoms with Crippen molar-refractivity contribution >= 4 is 6.16 Å². The molecule has 8 heteroatoms. The average Bonchev–Trinajstić information content (AvgIpc) is 3.49. The molecule has 0 amide bonds. The first-order valence-corrected chi connectivity index (χ1v) is 10.1. The molecule has 0 spiro atoms. The summed E-state index contributed by atoms with van der Waals surface area (Å²) in [4.78, 5) is 11.7. The quantitative estimate of drug-likeness (QED) is 0.592. The molecular formula is C24H18O8. The Labute approximate surface area is 182 Å². The maximum Gasteiger partial charge on any atom is 0.506 e. The number of carboxylic acid groups (broad SMARTS) is 1. The molecule has 0 bridgehead atoms. The summed E-state index contributed by atoms with van der Waals surface area (Å²) in [5.74, 6) is 1.68. The second-order valence-electron chi connectivity index (χ2n) is 7.84. The summed E-state index contributed by atoms with van der Waals surface area (Å²) in [6, 6.07) is 16.1. The van der Waals surface area contributed by atoms with Crippen LogP contribution in [0, 0.1) is 0 Å². The number of hydrogen-bond acceptors (Lipinski definition) is 7. The van der Waals surface area contributed by atoms with Crippen molar-refractivity contribution in [2.75, 3.05) is 13.6 Å². The molecule has 6 rings (SSSR count). The zero-order valence-corrected chi connectivity index (χ0v) is 16.7. The van der Waals surface area contributed by atoms with E-state index in [1.807, 2.05) is 36.4 Å². The van der Waals surface area contributed by atoms with Gasteiger partial charge in [-0.1, -0.05) is 18.2 Å². The first-order chi connectivity index (χ1) is 15.6. The molecule has 2 heterocycles. The van der Waals surface area contributed by atoms with Gasteiger partial charge in [-0.05, 0) is 58.7 Å². The van der Waals surface area contributed by atoms with Crippen LogP contribution in [-0.4, -0.2) is 36.1 Å². The van der Waals surface area contributed by atoms with Crippen LogP contribution in [0.25, 0.3) is 0 Å². The van der Waals surface area contributed by atoms with Crippen molar-refractivity contribution in [3.05, 3.63) is 76.9 Å². The highest BCUT2D eigenvalue weighted by atomic mass is 16.7. The smallest absolute Gasteiger partial charge is 0.506 e. The molecule has 0 fully saturated rings. The molecular weight excluding hydrogens is 416 g/mol. The van der Waals surface area contributed by atoms with Crippen LogP contribution in [0.1, 0.15) is 34.1 Å². The second kappa shape index (κ2) is 6.98. The number of fused-ring (bicyclic) bond motifs is 3. The van der Waals surface area contributed by atoms with Gasteiger partial charge >= 0.3 is 6.16 Å². The second-order valence-corrected chi connectivity index (χ2v) is 7.84. The van der Waals surface area contributed by atoms with E-state index in [1.165, 1.54) is 0 Å². The van der Waals surface area contributed by atoms with E-state index in [1.54, 1.807) is 18.2 Å². The zero-order valence-electron chi connectivity index (χ0n) is 16.7. The molecule has 3 aromatic carbocycles. The summed E-state index contributed by atoms with van der Waals surface area (Å²) in [7, 11) is 0. The van der Waals surface area contributed by atoms with Crippen molar-refractivity contribution in [2.24, 2.45) is 0 Å². The Balaban J connectivity index is 1.52. The van der Waals surface area contributed by atoms with Gasteiger partial charge in [0.15, 0.2) is 23.0 Å². The Hall–Kier alpha value is -4.07. The Morgan fingerprint density at radius 1 is 0.750 bits per heavy atom. The molecule has 3 unspecified atom stereocenters. The maximum atomic E-state index is 11.7. The predicted octanol–water partition coefficient (Wildman–Crippen LogP) is 4.19. The first kappa shape index (κ1) is 18.7. The number of phenolic OH excluding ortho intramolecular Hbond substituents is 1. The van der Waals surface area contributed by atoms with Gasteiger partial charge in [0.2, 0.25) is 13.6 Å². The van der Waals surface area contributed by atoms with Crippen LogP contribution in [0.4, 0.5) is 4.79 Å². The molecule has 1 aliphatic carbocycles. The Morgan fingerprint density at radius 3 is 1.91 bits per heavy atom. The van der Waals surface area contributed by atoms with Crippen molar-refractivity contribution in [1.82, 2.24) is 0 Å². The standard InChI is InChI=1S/C24H18O8/c25-14-3-4-15-16(9-14)22(13-2-6-18-20(8-13)31-11-29-18)23(32-24(26)27)21(15)12-1-5-17-19(7-12)30-10-28-17/h1-9,21-23,25H,10-11H2,(H,26,27). The van der Waals surface area contributed by atoms with E-state index in [4.69, 9.17) is 23.7 Å². The van der Waals surface area contributed by atoms with Crippen molar-refractivity contribution in [2.45, 2.75) is 17.9 Å². The number of carbonyl (C=O) groups is 1. The highest BCUT2D eigenvalue weighted by molar-refractivity contribution is 5.62. The fourth-order valence-corrected chi connectivity index (χ4v) is 4.87. The molecule has 32 heavy (non-hydrogen) atoms. The molecule has 162 valence electrons. The molecule has 0 aromatic heterocycles. The zero-order chi connectivity index (χ0) is 21.8. The summed E-state index contributed by atoms with van der Waals surface area (Å²) >= 11 is 0. The Morgan fingerprint density at radius 2 is 1.31 bits per heavy atom. The summed E-state index contributed by atoms with van der Waals surface area (Å²) in [6.45, 7) is 0.276. The van der Waals surface area contributed by atoms with E-state index in [0.717, 1.165) is 22.3 Å². The van der Waals surface area contributed by atoms with Crippen LogP contribution in [0.3, 0.4) is 0 Å². The van der Waals surface area contributed by atoms with Crippen molar-refractivity contribution in [1.29, 1.82) is 0 Å². The van der Waals surface area contributed by atoms with Gasteiger partial charge in [-0.25, -0.2) is 4.79 Å². The van der Waals surface area contributed by atoms with E-state index in [0.29, 0.717) is 23.0 Å². The molecule has 2 aliphatic heterocycles. The number of aromatic hydroxyl groups is 1. The minimum Gasteiger partial charge on any atom is -0.508 e. The Kier molecular flexibility index (Phi) is 4.07. The fourth-order valence-electron chi connectivity index (χ4n) is 4.87. The average molecular weight is 434 g/mol. The molecule has 3 atom stereocenters. The lowest BCUT2D eigenvalue weighted by Crippen LogP contribution is -2.26. The molecule has 8 nitrogen and oxygen atoms in total. The minimum absolute atomic E-state index is 0.0925. The minimum atomic E-state index is -1.37. The van der Waals surface area contributed by atoms with Crippen LogP contribution in [-0.2, 0) is 4.74 Å². The SMILES string of the molecule is O=C(O)OC1C(c2ccc3c(c2)OCO3)c2ccc(O)cc2C1c1ccc2c(c1)OCO2. The Bertz CT molecular complexity index is 1240. The molecule has 3 aromatic rings. The van der Waals surface area contributed by atoms with Gasteiger partial charge in [-0.15, -0.1) is 0 Å². The lowest BCUT2D eigenvalue weighted by molar-refractivity contribution is 0.0433. The van der Waals surface area contributed by atoms with Crippen LogP contribution in [0.2, 0.25) is 0 Å². The van der Waals surface area contributed by atoms with E-state index in [2.05, 4.69) is 0 Å². The van der Waals surface area contributed by atoms with Crippen LogP contribution in [0.5, 0.6) is 28.7 Å². The van der Waals surface area contributed by atoms with Gasteiger partial charge < -0.3 is 33.9 Å². The monoisotopic (exact) mass is 434 g/mol. The molecule has 0 radical (unpaired) electrons. The highest BCUT2D eigenvalue weighted by Gasteiger charge is 2.46. The molecule has 2 N–H and O–H groups in total. The third kappa shape index (κ3) is 2.87. The van der Waals surface area contributed by atoms with Gasteiger partial charge in [0.1, 0.15) is 11.9 Å². The molecule has 0 saturated carbocycles. The number of phenols is 1. The van der Waals surface area contributed by atoms with Crippen molar-refractivity contribution in [3.8, 4) is 28.7 Å². The topological polar surface area (TPSA) is 104 Å². The lowest BCUT2D eigenvalue weighted by atomic mass is 9.87. The van der Waals surface area contributed by atoms with Crippen LogP contribution < -0.4 is 18.9 Å². The van der Waals surface area contributed by atoms with Crippen molar-refractivity contribution < 1.29 is 38.7 Å². The predicted molar refractivity (Wildman–Crippen MR) is 110 cm³/mol. The van der Waals surface area contributed by atoms with E-state index < -0.39 is 24.1 Å². The number of ether oxygens (including phenoxy) is 5. The van der Waals surface area contributed by atoms with Gasteiger partial charge in [0.05, 0.1) is 0 Å². The van der Waals surface area contributed by atoms with Crippen LogP contribution in [0.15, 0.2) is 54.6 Å². The van der Waals surface area contributed by atoms with E-state index in [-0.39, 0.29) is 19.3 Å². The third-order valence-corrected chi connectivity index (χ3v) is 6.15. The lowest BCUT2D eigenvalue weighted by Gasteiger charge is -2.25. The summed E-state index contributed by atoms with van der Waals surface area (Å²) < 4.78 is 27.4. The maximum absolute atomic E-state index is 11.7. The highest BCUT2D eigenvalue weighted by Crippen LogP contribution is 2.52. The number of hydrogen-bond donors (Lipinski definition) is 2. The summed E-state index contributed by atoms with van der Waals surface area (Å²) in [6.07, 6.45) is -2.14.